The number of carbonyl (C=O) groups is 1. The molecule has 2 N–H and O–H groups in total. The summed E-state index contributed by atoms with van der Waals surface area (Å²) in [6.45, 7) is 7.15. The Bertz CT molecular complexity index is 1470. The third kappa shape index (κ3) is 4.26. The Morgan fingerprint density at radius 3 is 2.81 bits per heavy atom. The minimum atomic E-state index is -0.644. The maximum Gasteiger partial charge on any atom is 0.254 e. The topological polar surface area (TPSA) is 102 Å². The molecule has 1 amide bonds. The van der Waals surface area contributed by atoms with Gasteiger partial charge in [0, 0.05) is 48.3 Å². The van der Waals surface area contributed by atoms with Crippen molar-refractivity contribution < 1.29 is 13.9 Å². The summed E-state index contributed by atoms with van der Waals surface area (Å²) >= 11 is 0. The Balaban J connectivity index is 1.37. The summed E-state index contributed by atoms with van der Waals surface area (Å²) in [6, 6.07) is 9.43. The molecule has 4 heterocycles. The molecule has 1 aliphatic heterocycles. The van der Waals surface area contributed by atoms with Crippen molar-refractivity contribution in [3.8, 4) is 11.3 Å². The molecule has 9 heteroatoms. The summed E-state index contributed by atoms with van der Waals surface area (Å²) in [4.78, 5) is 30.0. The molecule has 1 aliphatic rings. The number of ether oxygens (including phenoxy) is 1. The fourth-order valence-corrected chi connectivity index (χ4v) is 4.58. The second-order valence-corrected chi connectivity index (χ2v) is 9.40. The number of amides is 1. The SMILES string of the molecule is CNC(=O)c1c(F)cnc2c(C(C)CNc3cc(-c4cnc5c(c4)COC5(C)C)ncn3)cccc12. The Morgan fingerprint density at radius 2 is 2.00 bits per heavy atom. The number of rotatable bonds is 6. The summed E-state index contributed by atoms with van der Waals surface area (Å²) in [5, 5.41) is 6.35. The van der Waals surface area contributed by atoms with Crippen molar-refractivity contribution in [2.75, 3.05) is 18.9 Å². The van der Waals surface area contributed by atoms with Crippen molar-refractivity contribution in [2.45, 2.75) is 38.9 Å². The number of para-hydroxylation sites is 1. The number of nitrogens with one attached hydrogen (secondary N) is 2. The van der Waals surface area contributed by atoms with Crippen LogP contribution in [0.2, 0.25) is 0 Å². The first-order valence-electron chi connectivity index (χ1n) is 11.8. The Hall–Kier alpha value is -3.98. The summed E-state index contributed by atoms with van der Waals surface area (Å²) in [7, 11) is 1.48. The minimum absolute atomic E-state index is 0.00157. The third-order valence-corrected chi connectivity index (χ3v) is 6.55. The number of halogens is 1. The third-order valence-electron chi connectivity index (χ3n) is 6.55. The summed E-state index contributed by atoms with van der Waals surface area (Å²) < 4.78 is 20.2. The van der Waals surface area contributed by atoms with Gasteiger partial charge in [-0.2, -0.15) is 0 Å². The van der Waals surface area contributed by atoms with Gasteiger partial charge in [-0.15, -0.1) is 0 Å². The van der Waals surface area contributed by atoms with E-state index in [1.54, 1.807) is 6.07 Å². The van der Waals surface area contributed by atoms with E-state index >= 15 is 0 Å². The molecule has 4 aromatic rings. The molecule has 8 nitrogen and oxygen atoms in total. The predicted molar refractivity (Wildman–Crippen MR) is 135 cm³/mol. The number of anilines is 1. The van der Waals surface area contributed by atoms with Crippen LogP contribution in [0.3, 0.4) is 0 Å². The average molecular weight is 487 g/mol. The molecule has 184 valence electrons. The van der Waals surface area contributed by atoms with Crippen LogP contribution in [0.5, 0.6) is 0 Å². The van der Waals surface area contributed by atoms with E-state index in [1.165, 1.54) is 13.4 Å². The van der Waals surface area contributed by atoms with Gasteiger partial charge in [-0.25, -0.2) is 14.4 Å². The van der Waals surface area contributed by atoms with Crippen LogP contribution in [-0.2, 0) is 16.9 Å². The first-order chi connectivity index (χ1) is 17.3. The fourth-order valence-electron chi connectivity index (χ4n) is 4.58. The van der Waals surface area contributed by atoms with Gasteiger partial charge in [0.05, 0.1) is 35.3 Å². The van der Waals surface area contributed by atoms with Gasteiger partial charge in [-0.1, -0.05) is 25.1 Å². The molecule has 1 aromatic carbocycles. The van der Waals surface area contributed by atoms with Crippen LogP contribution in [0.25, 0.3) is 22.2 Å². The lowest BCUT2D eigenvalue weighted by Gasteiger charge is -2.17. The lowest BCUT2D eigenvalue weighted by Crippen LogP contribution is -2.20. The van der Waals surface area contributed by atoms with Gasteiger partial charge in [0.2, 0.25) is 0 Å². The second-order valence-electron chi connectivity index (χ2n) is 9.40. The summed E-state index contributed by atoms with van der Waals surface area (Å²) in [5.41, 5.74) is 4.81. The summed E-state index contributed by atoms with van der Waals surface area (Å²) in [5.74, 6) is -0.445. The van der Waals surface area contributed by atoms with E-state index in [9.17, 15) is 9.18 Å². The highest BCUT2D eigenvalue weighted by atomic mass is 19.1. The van der Waals surface area contributed by atoms with Crippen molar-refractivity contribution in [1.29, 1.82) is 0 Å². The van der Waals surface area contributed by atoms with Crippen LogP contribution >= 0.6 is 0 Å². The van der Waals surface area contributed by atoms with Gasteiger partial charge in [-0.3, -0.25) is 14.8 Å². The van der Waals surface area contributed by atoms with Crippen LogP contribution in [0.1, 0.15) is 53.9 Å². The molecule has 1 unspecified atom stereocenters. The molecule has 0 bridgehead atoms. The molecular formula is C27H27FN6O2. The lowest BCUT2D eigenvalue weighted by atomic mass is 9.96. The monoisotopic (exact) mass is 486 g/mol. The average Bonchev–Trinajstić information content (AvgIpc) is 3.20. The summed E-state index contributed by atoms with van der Waals surface area (Å²) in [6.07, 6.45) is 4.44. The molecule has 36 heavy (non-hydrogen) atoms. The van der Waals surface area contributed by atoms with Crippen LogP contribution in [0.15, 0.2) is 49.1 Å². The van der Waals surface area contributed by atoms with E-state index in [-0.39, 0.29) is 17.1 Å². The van der Waals surface area contributed by atoms with Gasteiger partial charge >= 0.3 is 0 Å². The number of hydrogen-bond acceptors (Lipinski definition) is 7. The van der Waals surface area contributed by atoms with Gasteiger partial charge in [-0.05, 0) is 25.5 Å². The number of nitrogens with zero attached hydrogens (tertiary/aromatic N) is 4. The number of aromatic nitrogens is 4. The molecule has 0 aliphatic carbocycles. The van der Waals surface area contributed by atoms with E-state index in [2.05, 4.69) is 36.6 Å². The Kier molecular flexibility index (Phi) is 6.09. The molecule has 0 fully saturated rings. The highest BCUT2D eigenvalue weighted by molar-refractivity contribution is 6.06. The van der Waals surface area contributed by atoms with Gasteiger partial charge in [0.15, 0.2) is 5.82 Å². The van der Waals surface area contributed by atoms with Gasteiger partial charge < -0.3 is 15.4 Å². The van der Waals surface area contributed by atoms with E-state index in [0.29, 0.717) is 29.9 Å². The second kappa shape index (κ2) is 9.23. The standard InChI is InChI=1S/C27H27FN6O2/c1-15(18-6-5-7-19-23(26(35)29-4)20(28)12-31-24(18)19)10-30-22-9-21(33-14-34-22)16-8-17-13-36-27(2,3)25(17)32-11-16/h5-9,11-12,14-15H,10,13H2,1-4H3,(H,29,35)(H,30,33,34). The number of pyridine rings is 2. The van der Waals surface area contributed by atoms with Crippen molar-refractivity contribution in [3.63, 3.8) is 0 Å². The van der Waals surface area contributed by atoms with E-state index < -0.39 is 11.7 Å². The first kappa shape index (κ1) is 23.7. The smallest absolute Gasteiger partial charge is 0.254 e. The molecule has 3 aromatic heterocycles. The quantitative estimate of drug-likeness (QED) is 0.412. The molecule has 5 rings (SSSR count). The highest BCUT2D eigenvalue weighted by Gasteiger charge is 2.32. The number of fused-ring (bicyclic) bond motifs is 2. The molecule has 0 radical (unpaired) electrons. The molecular weight excluding hydrogens is 459 g/mol. The van der Waals surface area contributed by atoms with Crippen molar-refractivity contribution in [3.05, 3.63) is 77.3 Å². The van der Waals surface area contributed by atoms with Crippen LogP contribution < -0.4 is 10.6 Å². The van der Waals surface area contributed by atoms with Gasteiger partial charge in [0.25, 0.3) is 5.91 Å². The first-order valence-corrected chi connectivity index (χ1v) is 11.8. The van der Waals surface area contributed by atoms with Crippen LogP contribution in [-0.4, -0.2) is 39.4 Å². The zero-order valence-electron chi connectivity index (χ0n) is 20.6. The van der Waals surface area contributed by atoms with Crippen molar-refractivity contribution in [1.82, 2.24) is 25.3 Å². The number of benzene rings is 1. The Morgan fingerprint density at radius 1 is 1.17 bits per heavy atom. The van der Waals surface area contributed by atoms with E-state index in [0.717, 1.165) is 34.3 Å². The zero-order chi connectivity index (χ0) is 25.4. The molecule has 0 saturated heterocycles. The predicted octanol–water partition coefficient (Wildman–Crippen LogP) is 4.57. The van der Waals surface area contributed by atoms with Crippen LogP contribution in [0, 0.1) is 5.82 Å². The van der Waals surface area contributed by atoms with E-state index in [1.807, 2.05) is 45.2 Å². The van der Waals surface area contributed by atoms with Crippen molar-refractivity contribution >= 4 is 22.6 Å². The molecule has 0 spiro atoms. The maximum atomic E-state index is 14.4. The maximum absolute atomic E-state index is 14.4. The van der Waals surface area contributed by atoms with Crippen LogP contribution in [0.4, 0.5) is 10.2 Å². The minimum Gasteiger partial charge on any atom is -0.369 e. The fraction of sp³-hybridized carbons (Fsp3) is 0.296. The van der Waals surface area contributed by atoms with Crippen molar-refractivity contribution in [2.24, 2.45) is 0 Å². The van der Waals surface area contributed by atoms with E-state index in [4.69, 9.17) is 4.74 Å². The zero-order valence-corrected chi connectivity index (χ0v) is 20.6. The lowest BCUT2D eigenvalue weighted by molar-refractivity contribution is -0.0101. The highest BCUT2D eigenvalue weighted by Crippen LogP contribution is 2.36. The number of carbonyl (C=O) groups excluding carboxylic acids is 1. The molecule has 0 saturated carbocycles. The van der Waals surface area contributed by atoms with Gasteiger partial charge in [0.1, 0.15) is 17.7 Å². The molecule has 1 atom stereocenters. The number of hydrogen-bond donors (Lipinski definition) is 2. The Labute approximate surface area is 208 Å². The normalized spacial score (nSPS) is 14.9. The largest absolute Gasteiger partial charge is 0.369 e.